The molecule has 0 aromatic rings. The van der Waals surface area contributed by atoms with E-state index in [0.717, 1.165) is 106 Å². The van der Waals surface area contributed by atoms with Gasteiger partial charge >= 0.3 is 5.97 Å². The van der Waals surface area contributed by atoms with E-state index in [1.807, 2.05) is 18.7 Å². The SMILES string of the molecule is CC[C@H](CC[C@@H](C)[C@H]1CC[C@H]2[C@@H]3CC=C4C[C@@H](OC(=O)CCCC(=O)N(CCCCNCCC(C)(C)N)CCC(C)(C)N)CC[C@]4(C)[C@H]3CC[C@]12C)C(C)C. The van der Waals surface area contributed by atoms with Crippen molar-refractivity contribution >= 4 is 11.9 Å². The molecule has 0 radical (unpaired) electrons. The lowest BCUT2D eigenvalue weighted by Crippen LogP contribution is -2.51. The van der Waals surface area contributed by atoms with Gasteiger partial charge in [0.25, 0.3) is 0 Å². The van der Waals surface area contributed by atoms with Crippen LogP contribution in [0.15, 0.2) is 11.6 Å². The molecule has 4 rings (SSSR count). The molecule has 0 heterocycles. The lowest BCUT2D eigenvalue weighted by atomic mass is 9.47. The maximum atomic E-state index is 13.3. The monoisotopic (exact) mass is 769 g/mol. The van der Waals surface area contributed by atoms with Gasteiger partial charge in [-0.2, -0.15) is 0 Å². The first-order chi connectivity index (χ1) is 25.8. The van der Waals surface area contributed by atoms with Gasteiger partial charge in [-0.15, -0.1) is 0 Å². The Hall–Kier alpha value is -1.44. The van der Waals surface area contributed by atoms with Crippen LogP contribution in [0.2, 0.25) is 0 Å². The molecule has 3 fully saturated rings. The van der Waals surface area contributed by atoms with Gasteiger partial charge in [-0.05, 0) is 177 Å². The number of carbonyl (C=O) groups excluding carboxylic acids is 2. The van der Waals surface area contributed by atoms with Gasteiger partial charge in [0.05, 0.1) is 0 Å². The minimum absolute atomic E-state index is 0.0322. The zero-order valence-corrected chi connectivity index (χ0v) is 37.6. The van der Waals surface area contributed by atoms with Gasteiger partial charge in [-0.1, -0.05) is 66.0 Å². The van der Waals surface area contributed by atoms with Crippen molar-refractivity contribution in [3.63, 3.8) is 0 Å². The lowest BCUT2D eigenvalue weighted by Gasteiger charge is -2.58. The van der Waals surface area contributed by atoms with E-state index in [4.69, 9.17) is 16.2 Å². The molecule has 9 atom stereocenters. The van der Waals surface area contributed by atoms with E-state index < -0.39 is 0 Å². The van der Waals surface area contributed by atoms with E-state index in [9.17, 15) is 9.59 Å². The minimum atomic E-state index is -0.329. The number of unbranched alkanes of at least 4 members (excludes halogenated alkanes) is 1. The number of nitrogens with zero attached hydrogens (tertiary/aromatic N) is 1. The quantitative estimate of drug-likeness (QED) is 0.0575. The highest BCUT2D eigenvalue weighted by atomic mass is 16.5. The van der Waals surface area contributed by atoms with Crippen LogP contribution in [0.1, 0.15) is 185 Å². The fraction of sp³-hybridized carbons (Fsp3) is 0.917. The number of esters is 1. The van der Waals surface area contributed by atoms with Gasteiger partial charge in [0.2, 0.25) is 5.91 Å². The molecule has 4 aliphatic rings. The number of fused-ring (bicyclic) bond motifs is 5. The fourth-order valence-corrected chi connectivity index (χ4v) is 12.0. The molecular weight excluding hydrogens is 681 g/mol. The first-order valence-electron chi connectivity index (χ1n) is 23.2. The topological polar surface area (TPSA) is 111 Å². The number of allylic oxidation sites excluding steroid dienone is 1. The van der Waals surface area contributed by atoms with E-state index in [2.05, 4.69) is 66.8 Å². The first kappa shape index (κ1) is 46.3. The Balaban J connectivity index is 1.23. The van der Waals surface area contributed by atoms with E-state index in [1.165, 1.54) is 51.4 Å². The van der Waals surface area contributed by atoms with Crippen LogP contribution in [0, 0.1) is 52.3 Å². The third-order valence-electron chi connectivity index (χ3n) is 15.7. The molecule has 7 heteroatoms. The van der Waals surface area contributed by atoms with Crippen molar-refractivity contribution < 1.29 is 14.3 Å². The summed E-state index contributed by atoms with van der Waals surface area (Å²) in [7, 11) is 0. The highest BCUT2D eigenvalue weighted by Gasteiger charge is 2.59. The Morgan fingerprint density at radius 2 is 1.62 bits per heavy atom. The molecule has 4 aliphatic carbocycles. The zero-order chi connectivity index (χ0) is 40.6. The lowest BCUT2D eigenvalue weighted by molar-refractivity contribution is -0.151. The van der Waals surface area contributed by atoms with Crippen LogP contribution in [-0.4, -0.2) is 60.1 Å². The summed E-state index contributed by atoms with van der Waals surface area (Å²) in [4.78, 5) is 28.4. The maximum absolute atomic E-state index is 13.3. The number of hydrogen-bond acceptors (Lipinski definition) is 6. The fourth-order valence-electron chi connectivity index (χ4n) is 12.0. The number of ether oxygens (including phenoxy) is 1. The van der Waals surface area contributed by atoms with Crippen LogP contribution < -0.4 is 16.8 Å². The van der Waals surface area contributed by atoms with Crippen LogP contribution in [0.3, 0.4) is 0 Å². The Labute approximate surface area is 339 Å². The molecule has 0 spiro atoms. The summed E-state index contributed by atoms with van der Waals surface area (Å²) in [5.74, 6) is 5.77. The standard InChI is InChI=1S/C48H88N4O3/c1-11-36(34(2)3)18-17-35(4)40-21-22-41-39-20-19-37-33-38(23-25-47(37,9)42(39)24-26-48(40,41)10)55-44(54)16-14-15-43(53)52(32-28-46(7,8)50)31-13-12-29-51-30-27-45(5,6)49/h19,34-36,38-42,51H,11-18,20-33,49-50H2,1-10H3/t35-,36-,38+,39+,40-,41+,42+,47+,48-/m1/s1. The third-order valence-corrected chi connectivity index (χ3v) is 15.7. The predicted octanol–water partition coefficient (Wildman–Crippen LogP) is 10.2. The van der Waals surface area contributed by atoms with Crippen molar-refractivity contribution in [2.24, 2.45) is 63.7 Å². The summed E-state index contributed by atoms with van der Waals surface area (Å²) >= 11 is 0. The number of nitrogens with two attached hydrogens (primary N) is 2. The second kappa shape index (κ2) is 20.0. The molecule has 7 nitrogen and oxygen atoms in total. The van der Waals surface area contributed by atoms with Gasteiger partial charge in [0, 0.05) is 43.4 Å². The average Bonchev–Trinajstić information content (AvgIpc) is 3.45. The average molecular weight is 769 g/mol. The summed E-state index contributed by atoms with van der Waals surface area (Å²) in [5.41, 5.74) is 14.2. The number of hydrogen-bond donors (Lipinski definition) is 3. The normalized spacial score (nSPS) is 30.6. The predicted molar refractivity (Wildman–Crippen MR) is 230 cm³/mol. The van der Waals surface area contributed by atoms with Crippen molar-refractivity contribution in [1.29, 1.82) is 0 Å². The number of nitrogens with one attached hydrogen (secondary N) is 1. The van der Waals surface area contributed by atoms with Crippen LogP contribution in [0.4, 0.5) is 0 Å². The van der Waals surface area contributed by atoms with Gasteiger partial charge in [-0.25, -0.2) is 0 Å². The number of rotatable bonds is 22. The highest BCUT2D eigenvalue weighted by Crippen LogP contribution is 2.67. The molecule has 5 N–H and O–H groups in total. The minimum Gasteiger partial charge on any atom is -0.462 e. The molecule has 0 bridgehead atoms. The summed E-state index contributed by atoms with van der Waals surface area (Å²) in [6.07, 6.45) is 21.3. The van der Waals surface area contributed by atoms with Crippen molar-refractivity contribution in [3.05, 3.63) is 11.6 Å². The molecule has 0 unspecified atom stereocenters. The molecular formula is C48H88N4O3. The Morgan fingerprint density at radius 1 is 0.891 bits per heavy atom. The Kier molecular flexibility index (Phi) is 16.8. The van der Waals surface area contributed by atoms with E-state index in [0.29, 0.717) is 31.2 Å². The summed E-state index contributed by atoms with van der Waals surface area (Å²) in [6, 6.07) is 0. The smallest absolute Gasteiger partial charge is 0.306 e. The highest BCUT2D eigenvalue weighted by molar-refractivity contribution is 5.77. The number of carbonyl (C=O) groups is 2. The molecule has 3 saturated carbocycles. The Bertz CT molecular complexity index is 1250. The van der Waals surface area contributed by atoms with E-state index in [-0.39, 0.29) is 34.5 Å². The van der Waals surface area contributed by atoms with Crippen molar-refractivity contribution in [2.75, 3.05) is 26.2 Å². The molecule has 55 heavy (non-hydrogen) atoms. The van der Waals surface area contributed by atoms with E-state index in [1.54, 1.807) is 5.57 Å². The van der Waals surface area contributed by atoms with Crippen molar-refractivity contribution in [2.45, 2.75) is 202 Å². The first-order valence-corrected chi connectivity index (χ1v) is 23.2. The van der Waals surface area contributed by atoms with Gasteiger partial charge < -0.3 is 26.4 Å². The van der Waals surface area contributed by atoms with Crippen LogP contribution in [-0.2, 0) is 14.3 Å². The molecule has 0 aromatic carbocycles. The van der Waals surface area contributed by atoms with Gasteiger partial charge in [0.1, 0.15) is 6.10 Å². The van der Waals surface area contributed by atoms with E-state index >= 15 is 0 Å². The summed E-state index contributed by atoms with van der Waals surface area (Å²) in [6.45, 7) is 26.4. The number of amides is 1. The van der Waals surface area contributed by atoms with Crippen molar-refractivity contribution in [3.8, 4) is 0 Å². The van der Waals surface area contributed by atoms with Crippen molar-refractivity contribution in [1.82, 2.24) is 10.2 Å². The Morgan fingerprint density at radius 3 is 2.29 bits per heavy atom. The van der Waals surface area contributed by atoms with Gasteiger partial charge in [-0.3, -0.25) is 9.59 Å². The van der Waals surface area contributed by atoms with Crippen LogP contribution in [0.5, 0.6) is 0 Å². The molecule has 0 aliphatic heterocycles. The molecule has 0 saturated heterocycles. The molecule has 0 aromatic heterocycles. The molecule has 318 valence electrons. The van der Waals surface area contributed by atoms with Crippen LogP contribution in [0.25, 0.3) is 0 Å². The molecule has 1 amide bonds. The third kappa shape index (κ3) is 12.8. The second-order valence-corrected chi connectivity index (χ2v) is 21.5. The van der Waals surface area contributed by atoms with Crippen LogP contribution >= 0.6 is 0 Å². The summed E-state index contributed by atoms with van der Waals surface area (Å²) < 4.78 is 6.14. The summed E-state index contributed by atoms with van der Waals surface area (Å²) in [5, 5.41) is 3.48. The maximum Gasteiger partial charge on any atom is 0.306 e. The van der Waals surface area contributed by atoms with Gasteiger partial charge in [0.15, 0.2) is 0 Å². The zero-order valence-electron chi connectivity index (χ0n) is 37.6. The largest absolute Gasteiger partial charge is 0.462 e. The second-order valence-electron chi connectivity index (χ2n) is 21.5.